The van der Waals surface area contributed by atoms with E-state index in [4.69, 9.17) is 5.73 Å². The molecule has 4 heteroatoms. The van der Waals surface area contributed by atoms with Gasteiger partial charge in [-0.3, -0.25) is 9.58 Å². The van der Waals surface area contributed by atoms with Crippen LogP contribution >= 0.6 is 0 Å². The highest BCUT2D eigenvalue weighted by atomic mass is 15.3. The summed E-state index contributed by atoms with van der Waals surface area (Å²) in [7, 11) is 0. The van der Waals surface area contributed by atoms with E-state index in [0.29, 0.717) is 18.0 Å². The fourth-order valence-corrected chi connectivity index (χ4v) is 3.28. The van der Waals surface area contributed by atoms with E-state index in [1.807, 2.05) is 6.20 Å². The molecular weight excluding hydrogens is 236 g/mol. The van der Waals surface area contributed by atoms with Crippen LogP contribution in [-0.2, 0) is 6.54 Å². The third kappa shape index (κ3) is 3.18. The standard InChI is InChI=1S/C15H28N4/c1-4-7-18-11-14(10-17-18)15-13(9-16)6-5-8-19(15)12(2)3/h10-13,15H,4-9,16H2,1-3H3. The Morgan fingerprint density at radius 2 is 2.26 bits per heavy atom. The summed E-state index contributed by atoms with van der Waals surface area (Å²) in [5, 5.41) is 4.49. The molecule has 0 amide bonds. The van der Waals surface area contributed by atoms with Crippen LogP contribution in [0.5, 0.6) is 0 Å². The van der Waals surface area contributed by atoms with Crippen LogP contribution in [-0.4, -0.2) is 33.8 Å². The molecule has 1 aliphatic rings. The second kappa shape index (κ2) is 6.53. The molecule has 4 nitrogen and oxygen atoms in total. The lowest BCUT2D eigenvalue weighted by molar-refractivity contribution is 0.0665. The van der Waals surface area contributed by atoms with Crippen LogP contribution in [0.25, 0.3) is 0 Å². The quantitative estimate of drug-likeness (QED) is 0.888. The Bertz CT molecular complexity index is 385. The number of aromatic nitrogens is 2. The minimum atomic E-state index is 0.448. The molecular formula is C15H28N4. The monoisotopic (exact) mass is 264 g/mol. The summed E-state index contributed by atoms with van der Waals surface area (Å²) in [5.74, 6) is 0.565. The first-order valence-corrected chi connectivity index (χ1v) is 7.65. The van der Waals surface area contributed by atoms with Crippen molar-refractivity contribution in [3.8, 4) is 0 Å². The Labute approximate surface area is 117 Å². The molecule has 19 heavy (non-hydrogen) atoms. The highest BCUT2D eigenvalue weighted by Gasteiger charge is 2.33. The molecule has 0 spiro atoms. The highest BCUT2D eigenvalue weighted by molar-refractivity contribution is 5.14. The van der Waals surface area contributed by atoms with Gasteiger partial charge in [0.15, 0.2) is 0 Å². The van der Waals surface area contributed by atoms with Crippen LogP contribution in [0.1, 0.15) is 51.6 Å². The van der Waals surface area contributed by atoms with Gasteiger partial charge in [-0.25, -0.2) is 0 Å². The second-order valence-electron chi connectivity index (χ2n) is 5.95. The number of aryl methyl sites for hydroxylation is 1. The van der Waals surface area contributed by atoms with Crippen LogP contribution in [0.15, 0.2) is 12.4 Å². The zero-order chi connectivity index (χ0) is 13.8. The van der Waals surface area contributed by atoms with Crippen LogP contribution in [0.3, 0.4) is 0 Å². The van der Waals surface area contributed by atoms with E-state index < -0.39 is 0 Å². The molecule has 2 heterocycles. The van der Waals surface area contributed by atoms with Crippen molar-refractivity contribution in [3.05, 3.63) is 18.0 Å². The molecule has 2 rings (SSSR count). The van der Waals surface area contributed by atoms with Crippen LogP contribution in [0.2, 0.25) is 0 Å². The van der Waals surface area contributed by atoms with E-state index >= 15 is 0 Å². The van der Waals surface area contributed by atoms with Gasteiger partial charge in [-0.1, -0.05) is 6.92 Å². The summed E-state index contributed by atoms with van der Waals surface area (Å²) in [4.78, 5) is 2.59. The normalized spacial score (nSPS) is 25.1. The summed E-state index contributed by atoms with van der Waals surface area (Å²) < 4.78 is 2.07. The SMILES string of the molecule is CCCn1cc(C2C(CN)CCCN2C(C)C)cn1. The lowest BCUT2D eigenvalue weighted by Crippen LogP contribution is -2.44. The minimum Gasteiger partial charge on any atom is -0.330 e. The van der Waals surface area contributed by atoms with Crippen molar-refractivity contribution in [3.63, 3.8) is 0 Å². The van der Waals surface area contributed by atoms with Crippen LogP contribution in [0, 0.1) is 5.92 Å². The molecule has 1 saturated heterocycles. The Morgan fingerprint density at radius 3 is 2.89 bits per heavy atom. The van der Waals surface area contributed by atoms with Gasteiger partial charge in [0.05, 0.1) is 6.20 Å². The van der Waals surface area contributed by atoms with Gasteiger partial charge in [-0.15, -0.1) is 0 Å². The zero-order valence-corrected chi connectivity index (χ0v) is 12.5. The molecule has 2 N–H and O–H groups in total. The van der Waals surface area contributed by atoms with Gasteiger partial charge >= 0.3 is 0 Å². The lowest BCUT2D eigenvalue weighted by atomic mass is 9.85. The molecule has 0 radical (unpaired) electrons. The minimum absolute atomic E-state index is 0.448. The van der Waals surface area contributed by atoms with Gasteiger partial charge in [0.1, 0.15) is 0 Å². The first-order chi connectivity index (χ1) is 9.17. The van der Waals surface area contributed by atoms with Gasteiger partial charge in [0, 0.05) is 30.4 Å². The predicted molar refractivity (Wildman–Crippen MR) is 78.9 cm³/mol. The van der Waals surface area contributed by atoms with Crippen molar-refractivity contribution < 1.29 is 0 Å². The zero-order valence-electron chi connectivity index (χ0n) is 12.5. The molecule has 0 bridgehead atoms. The van der Waals surface area contributed by atoms with Gasteiger partial charge in [-0.2, -0.15) is 5.10 Å². The molecule has 1 fully saturated rings. The van der Waals surface area contributed by atoms with E-state index in [1.165, 1.54) is 24.9 Å². The summed E-state index contributed by atoms with van der Waals surface area (Å²) in [6.45, 7) is 9.70. The smallest absolute Gasteiger partial charge is 0.0537 e. The van der Waals surface area contributed by atoms with Gasteiger partial charge < -0.3 is 5.73 Å². The largest absolute Gasteiger partial charge is 0.330 e. The van der Waals surface area contributed by atoms with Crippen molar-refractivity contribution in [1.29, 1.82) is 0 Å². The molecule has 0 aromatic carbocycles. The summed E-state index contributed by atoms with van der Waals surface area (Å²) >= 11 is 0. The number of piperidine rings is 1. The molecule has 1 aromatic rings. The van der Waals surface area contributed by atoms with Gasteiger partial charge in [-0.05, 0) is 52.1 Å². The number of rotatable bonds is 5. The molecule has 0 saturated carbocycles. The average Bonchev–Trinajstić information content (AvgIpc) is 2.86. The van der Waals surface area contributed by atoms with Crippen molar-refractivity contribution in [2.24, 2.45) is 11.7 Å². The van der Waals surface area contributed by atoms with Crippen molar-refractivity contribution in [2.45, 2.75) is 58.7 Å². The number of hydrogen-bond donors (Lipinski definition) is 1. The van der Waals surface area contributed by atoms with Crippen LogP contribution < -0.4 is 5.73 Å². The second-order valence-corrected chi connectivity index (χ2v) is 5.95. The van der Waals surface area contributed by atoms with E-state index in [-0.39, 0.29) is 0 Å². The fraction of sp³-hybridized carbons (Fsp3) is 0.800. The number of hydrogen-bond acceptors (Lipinski definition) is 3. The third-order valence-electron chi connectivity index (χ3n) is 4.21. The Hall–Kier alpha value is -0.870. The predicted octanol–water partition coefficient (Wildman–Crippen LogP) is 2.41. The van der Waals surface area contributed by atoms with Crippen molar-refractivity contribution >= 4 is 0 Å². The molecule has 108 valence electrons. The third-order valence-corrected chi connectivity index (χ3v) is 4.21. The van der Waals surface area contributed by atoms with Gasteiger partial charge in [0.2, 0.25) is 0 Å². The molecule has 1 aliphatic heterocycles. The number of nitrogens with zero attached hydrogens (tertiary/aromatic N) is 3. The first kappa shape index (κ1) is 14.5. The maximum atomic E-state index is 6.00. The van der Waals surface area contributed by atoms with Crippen molar-refractivity contribution in [2.75, 3.05) is 13.1 Å². The Balaban J connectivity index is 2.23. The summed E-state index contributed by atoms with van der Waals surface area (Å²) in [5.41, 5.74) is 7.35. The Kier molecular flexibility index (Phi) is 4.99. The van der Waals surface area contributed by atoms with E-state index in [0.717, 1.165) is 19.5 Å². The molecule has 2 atom stereocenters. The fourth-order valence-electron chi connectivity index (χ4n) is 3.28. The first-order valence-electron chi connectivity index (χ1n) is 7.65. The molecule has 2 unspecified atom stereocenters. The number of likely N-dealkylation sites (tertiary alicyclic amines) is 1. The maximum Gasteiger partial charge on any atom is 0.0537 e. The molecule has 1 aromatic heterocycles. The lowest BCUT2D eigenvalue weighted by Gasteiger charge is -2.43. The van der Waals surface area contributed by atoms with E-state index in [9.17, 15) is 0 Å². The molecule has 0 aliphatic carbocycles. The van der Waals surface area contributed by atoms with E-state index in [2.05, 4.69) is 41.6 Å². The van der Waals surface area contributed by atoms with Crippen molar-refractivity contribution in [1.82, 2.24) is 14.7 Å². The van der Waals surface area contributed by atoms with Gasteiger partial charge in [0.25, 0.3) is 0 Å². The maximum absolute atomic E-state index is 6.00. The summed E-state index contributed by atoms with van der Waals surface area (Å²) in [6.07, 6.45) is 7.89. The number of nitrogens with two attached hydrogens (primary N) is 1. The Morgan fingerprint density at radius 1 is 1.47 bits per heavy atom. The highest BCUT2D eigenvalue weighted by Crippen LogP contribution is 2.36. The summed E-state index contributed by atoms with van der Waals surface area (Å²) in [6, 6.07) is 1.01. The van der Waals surface area contributed by atoms with Crippen LogP contribution in [0.4, 0.5) is 0 Å². The van der Waals surface area contributed by atoms with E-state index in [1.54, 1.807) is 0 Å². The average molecular weight is 264 g/mol. The topological polar surface area (TPSA) is 47.1 Å².